The molecular formula is C8H16NO2P. The van der Waals surface area contributed by atoms with Crippen LogP contribution >= 0.6 is 8.53 Å². The minimum Gasteiger partial charge on any atom is -0.322 e. The maximum absolute atomic E-state index is 5.74. The van der Waals surface area contributed by atoms with Gasteiger partial charge in [-0.2, -0.15) is 0 Å². The van der Waals surface area contributed by atoms with E-state index >= 15 is 0 Å². The minimum absolute atomic E-state index is 0.394. The molecule has 0 bridgehead atoms. The molecule has 70 valence electrons. The van der Waals surface area contributed by atoms with Crippen molar-refractivity contribution in [2.24, 2.45) is 0 Å². The number of rotatable bonds is 1. The Kier molecular flexibility index (Phi) is 2.97. The fourth-order valence-electron chi connectivity index (χ4n) is 1.55. The lowest BCUT2D eigenvalue weighted by atomic mass is 10.3. The van der Waals surface area contributed by atoms with Gasteiger partial charge in [0.05, 0.1) is 12.7 Å². The normalized spacial score (nSPS) is 38.8. The molecule has 0 aromatic carbocycles. The Hall–Kier alpha value is 0.310. The van der Waals surface area contributed by atoms with Crippen LogP contribution in [-0.2, 0) is 9.05 Å². The van der Waals surface area contributed by atoms with Gasteiger partial charge in [-0.3, -0.25) is 0 Å². The van der Waals surface area contributed by atoms with Gasteiger partial charge < -0.3 is 9.05 Å². The lowest BCUT2D eigenvalue weighted by Crippen LogP contribution is -2.24. The van der Waals surface area contributed by atoms with Crippen molar-refractivity contribution in [2.45, 2.75) is 32.3 Å². The SMILES string of the molecule is C[C@H]1CCO[P@](N2CCCC2)O1. The Bertz CT molecular complexity index is 150. The van der Waals surface area contributed by atoms with Crippen molar-refractivity contribution in [2.75, 3.05) is 19.7 Å². The van der Waals surface area contributed by atoms with Crippen LogP contribution in [0.5, 0.6) is 0 Å². The summed E-state index contributed by atoms with van der Waals surface area (Å²) < 4.78 is 13.7. The molecule has 3 nitrogen and oxygen atoms in total. The van der Waals surface area contributed by atoms with E-state index in [1.54, 1.807) is 0 Å². The maximum atomic E-state index is 5.74. The van der Waals surface area contributed by atoms with Crippen LogP contribution in [0.4, 0.5) is 0 Å². The zero-order valence-corrected chi connectivity index (χ0v) is 8.43. The molecule has 2 rings (SSSR count). The van der Waals surface area contributed by atoms with Gasteiger partial charge in [0.15, 0.2) is 0 Å². The molecule has 12 heavy (non-hydrogen) atoms. The summed E-state index contributed by atoms with van der Waals surface area (Å²) in [6.45, 7) is 5.34. The van der Waals surface area contributed by atoms with Crippen LogP contribution in [-0.4, -0.2) is 30.5 Å². The fourth-order valence-corrected chi connectivity index (χ4v) is 3.19. The molecule has 2 fully saturated rings. The van der Waals surface area contributed by atoms with Gasteiger partial charge in [-0.1, -0.05) is 0 Å². The fraction of sp³-hybridized carbons (Fsp3) is 1.00. The van der Waals surface area contributed by atoms with E-state index in [4.69, 9.17) is 9.05 Å². The van der Waals surface area contributed by atoms with Crippen LogP contribution in [0.3, 0.4) is 0 Å². The summed E-state index contributed by atoms with van der Waals surface area (Å²) in [5, 5.41) is 0. The highest BCUT2D eigenvalue weighted by atomic mass is 31.2. The molecule has 2 atom stereocenters. The number of hydrogen-bond donors (Lipinski definition) is 0. The monoisotopic (exact) mass is 189 g/mol. The molecule has 0 spiro atoms. The summed E-state index contributed by atoms with van der Waals surface area (Å²) >= 11 is 0. The van der Waals surface area contributed by atoms with Gasteiger partial charge in [-0.05, 0) is 26.2 Å². The Morgan fingerprint density at radius 1 is 1.33 bits per heavy atom. The summed E-state index contributed by atoms with van der Waals surface area (Å²) in [7, 11) is -0.679. The average molecular weight is 189 g/mol. The molecule has 0 aliphatic carbocycles. The van der Waals surface area contributed by atoms with E-state index in [1.165, 1.54) is 25.9 Å². The highest BCUT2D eigenvalue weighted by molar-refractivity contribution is 7.44. The van der Waals surface area contributed by atoms with Crippen LogP contribution in [0, 0.1) is 0 Å². The maximum Gasteiger partial charge on any atom is 0.258 e. The topological polar surface area (TPSA) is 21.7 Å². The molecule has 4 heteroatoms. The second kappa shape index (κ2) is 4.01. The molecule has 2 heterocycles. The van der Waals surface area contributed by atoms with E-state index < -0.39 is 8.53 Å². The molecule has 0 radical (unpaired) electrons. The minimum atomic E-state index is -0.679. The zero-order chi connectivity index (χ0) is 8.39. The predicted molar refractivity (Wildman–Crippen MR) is 48.8 cm³/mol. The molecule has 2 saturated heterocycles. The Labute approximate surface area is 75.0 Å². The first-order valence-corrected chi connectivity index (χ1v) is 5.84. The third-order valence-electron chi connectivity index (χ3n) is 2.31. The predicted octanol–water partition coefficient (Wildman–Crippen LogP) is 2.13. The van der Waals surface area contributed by atoms with Crippen molar-refractivity contribution in [3.8, 4) is 0 Å². The smallest absolute Gasteiger partial charge is 0.258 e. The average Bonchev–Trinajstić information content (AvgIpc) is 2.56. The van der Waals surface area contributed by atoms with E-state index in [9.17, 15) is 0 Å². The van der Waals surface area contributed by atoms with Crippen LogP contribution < -0.4 is 0 Å². The van der Waals surface area contributed by atoms with Crippen molar-refractivity contribution in [3.63, 3.8) is 0 Å². The van der Waals surface area contributed by atoms with Gasteiger partial charge in [0, 0.05) is 13.1 Å². The van der Waals surface area contributed by atoms with Crippen molar-refractivity contribution < 1.29 is 9.05 Å². The van der Waals surface area contributed by atoms with Crippen LogP contribution in [0.15, 0.2) is 0 Å². The first kappa shape index (κ1) is 8.89. The van der Waals surface area contributed by atoms with E-state index in [0.717, 1.165) is 13.0 Å². The largest absolute Gasteiger partial charge is 0.322 e. The molecule has 2 aliphatic heterocycles. The van der Waals surface area contributed by atoms with Crippen LogP contribution in [0.2, 0.25) is 0 Å². The summed E-state index contributed by atoms with van der Waals surface area (Å²) in [5.41, 5.74) is 0. The van der Waals surface area contributed by atoms with Crippen molar-refractivity contribution >= 4 is 8.53 Å². The quantitative estimate of drug-likeness (QED) is 0.590. The first-order valence-electron chi connectivity index (χ1n) is 4.71. The highest BCUT2D eigenvalue weighted by Gasteiger charge is 2.29. The van der Waals surface area contributed by atoms with Gasteiger partial charge >= 0.3 is 0 Å². The number of hydrogen-bond acceptors (Lipinski definition) is 3. The number of nitrogens with zero attached hydrogens (tertiary/aromatic N) is 1. The second-order valence-corrected chi connectivity index (χ2v) is 4.95. The van der Waals surface area contributed by atoms with Crippen molar-refractivity contribution in [1.82, 2.24) is 4.67 Å². The first-order chi connectivity index (χ1) is 5.86. The highest BCUT2D eigenvalue weighted by Crippen LogP contribution is 2.48. The molecule has 0 saturated carbocycles. The molecule has 2 aliphatic rings. The summed E-state index contributed by atoms with van der Waals surface area (Å²) in [6, 6.07) is 0. The van der Waals surface area contributed by atoms with Crippen LogP contribution in [0.1, 0.15) is 26.2 Å². The Morgan fingerprint density at radius 3 is 2.75 bits per heavy atom. The molecule has 0 amide bonds. The third kappa shape index (κ3) is 1.97. The van der Waals surface area contributed by atoms with Crippen molar-refractivity contribution in [3.05, 3.63) is 0 Å². The van der Waals surface area contributed by atoms with Gasteiger partial charge in [-0.15, -0.1) is 0 Å². The lowest BCUT2D eigenvalue weighted by molar-refractivity contribution is 0.0992. The van der Waals surface area contributed by atoms with Gasteiger partial charge in [0.25, 0.3) is 8.53 Å². The summed E-state index contributed by atoms with van der Waals surface area (Å²) in [5.74, 6) is 0. The third-order valence-corrected chi connectivity index (χ3v) is 4.12. The van der Waals surface area contributed by atoms with Crippen molar-refractivity contribution in [1.29, 1.82) is 0 Å². The van der Waals surface area contributed by atoms with E-state index in [-0.39, 0.29) is 0 Å². The van der Waals surface area contributed by atoms with E-state index in [1.807, 2.05) is 0 Å². The van der Waals surface area contributed by atoms with E-state index in [2.05, 4.69) is 11.6 Å². The Morgan fingerprint density at radius 2 is 2.08 bits per heavy atom. The standard InChI is InChI=1S/C8H16NO2P/c1-8-4-7-10-12(11-8)9-5-2-3-6-9/h8H,2-7H2,1H3/t8-,12-/m0/s1. The Balaban J connectivity index is 1.85. The molecule has 0 N–H and O–H groups in total. The second-order valence-electron chi connectivity index (χ2n) is 3.44. The van der Waals surface area contributed by atoms with E-state index in [0.29, 0.717) is 6.10 Å². The summed E-state index contributed by atoms with van der Waals surface area (Å²) in [4.78, 5) is 0. The van der Waals surface area contributed by atoms with Crippen LogP contribution in [0.25, 0.3) is 0 Å². The van der Waals surface area contributed by atoms with Gasteiger partial charge in [0.1, 0.15) is 0 Å². The zero-order valence-electron chi connectivity index (χ0n) is 7.53. The molecular weight excluding hydrogens is 173 g/mol. The molecule has 0 aromatic heterocycles. The van der Waals surface area contributed by atoms with Gasteiger partial charge in [0.2, 0.25) is 0 Å². The molecule has 0 unspecified atom stereocenters. The lowest BCUT2D eigenvalue weighted by Gasteiger charge is -2.32. The summed E-state index contributed by atoms with van der Waals surface area (Å²) in [6.07, 6.45) is 4.05. The molecule has 0 aromatic rings. The van der Waals surface area contributed by atoms with Gasteiger partial charge in [-0.25, -0.2) is 4.67 Å².